The van der Waals surface area contributed by atoms with Crippen molar-refractivity contribution < 1.29 is 13.6 Å². The van der Waals surface area contributed by atoms with Gasteiger partial charge in [0.05, 0.1) is 11.7 Å². The summed E-state index contributed by atoms with van der Waals surface area (Å²) >= 11 is 0. The Morgan fingerprint density at radius 3 is 2.73 bits per heavy atom. The van der Waals surface area contributed by atoms with Gasteiger partial charge in [-0.25, -0.2) is 8.78 Å². The van der Waals surface area contributed by atoms with Crippen LogP contribution in [0.5, 0.6) is 0 Å². The Morgan fingerprint density at radius 2 is 2.05 bits per heavy atom. The van der Waals surface area contributed by atoms with Gasteiger partial charge in [0, 0.05) is 19.3 Å². The van der Waals surface area contributed by atoms with Gasteiger partial charge in [0.25, 0.3) is 5.91 Å². The molecule has 22 heavy (non-hydrogen) atoms. The molecule has 2 heterocycles. The molecule has 1 aliphatic rings. The lowest BCUT2D eigenvalue weighted by Crippen LogP contribution is -2.33. The van der Waals surface area contributed by atoms with Crippen LogP contribution in [-0.2, 0) is 6.54 Å². The van der Waals surface area contributed by atoms with Crippen LogP contribution in [0.3, 0.4) is 0 Å². The monoisotopic (exact) mass is 305 g/mol. The first-order chi connectivity index (χ1) is 10.6. The van der Waals surface area contributed by atoms with Crippen LogP contribution >= 0.6 is 0 Å². The summed E-state index contributed by atoms with van der Waals surface area (Å²) in [5.41, 5.74) is 0.432. The number of hydrogen-bond donors (Lipinski definition) is 0. The maximum atomic E-state index is 13.9. The van der Waals surface area contributed by atoms with Crippen molar-refractivity contribution in [3.05, 3.63) is 53.4 Å². The van der Waals surface area contributed by atoms with E-state index in [-0.39, 0.29) is 6.04 Å². The molecule has 116 valence electrons. The van der Waals surface area contributed by atoms with Crippen molar-refractivity contribution in [3.63, 3.8) is 0 Å². The number of nitrogens with zero attached hydrogens (tertiary/aromatic N) is 3. The molecule has 0 aliphatic carbocycles. The van der Waals surface area contributed by atoms with E-state index in [4.69, 9.17) is 0 Å². The van der Waals surface area contributed by atoms with E-state index in [1.165, 1.54) is 6.07 Å². The van der Waals surface area contributed by atoms with Gasteiger partial charge >= 0.3 is 0 Å². The van der Waals surface area contributed by atoms with Crippen molar-refractivity contribution in [2.75, 3.05) is 6.54 Å². The topological polar surface area (TPSA) is 38.1 Å². The van der Waals surface area contributed by atoms with E-state index in [0.717, 1.165) is 30.7 Å². The summed E-state index contributed by atoms with van der Waals surface area (Å²) in [7, 11) is 0. The number of aromatic nitrogens is 2. The Balaban J connectivity index is 1.95. The van der Waals surface area contributed by atoms with Crippen LogP contribution in [0.15, 0.2) is 30.5 Å². The minimum Gasteiger partial charge on any atom is -0.330 e. The highest BCUT2D eigenvalue weighted by Gasteiger charge is 2.34. The number of rotatable bonds is 3. The fourth-order valence-corrected chi connectivity index (χ4v) is 3.05. The fourth-order valence-electron chi connectivity index (χ4n) is 3.05. The summed E-state index contributed by atoms with van der Waals surface area (Å²) in [6, 6.07) is 5.15. The minimum atomic E-state index is -0.820. The van der Waals surface area contributed by atoms with E-state index in [2.05, 4.69) is 5.10 Å². The average molecular weight is 305 g/mol. The summed E-state index contributed by atoms with van der Waals surface area (Å²) in [4.78, 5) is 14.2. The third-order valence-electron chi connectivity index (χ3n) is 4.08. The molecule has 1 aromatic heterocycles. The molecule has 1 amide bonds. The number of amides is 1. The van der Waals surface area contributed by atoms with Gasteiger partial charge in [0.15, 0.2) is 0 Å². The van der Waals surface area contributed by atoms with E-state index in [9.17, 15) is 13.6 Å². The van der Waals surface area contributed by atoms with Crippen LogP contribution in [0, 0.1) is 11.6 Å². The molecule has 0 saturated carbocycles. The first kappa shape index (κ1) is 14.7. The highest BCUT2D eigenvalue weighted by atomic mass is 19.1. The lowest BCUT2D eigenvalue weighted by molar-refractivity contribution is 0.0720. The Kier molecular flexibility index (Phi) is 3.92. The number of hydrogen-bond acceptors (Lipinski definition) is 2. The predicted octanol–water partition coefficient (Wildman–Crippen LogP) is 3.16. The van der Waals surface area contributed by atoms with Crippen molar-refractivity contribution >= 4 is 5.91 Å². The molecule has 6 heteroatoms. The van der Waals surface area contributed by atoms with Crippen LogP contribution in [0.25, 0.3) is 0 Å². The van der Waals surface area contributed by atoms with Gasteiger partial charge in [-0.2, -0.15) is 5.10 Å². The summed E-state index contributed by atoms with van der Waals surface area (Å²) in [6.45, 7) is 3.15. The van der Waals surface area contributed by atoms with E-state index >= 15 is 0 Å². The van der Waals surface area contributed by atoms with Gasteiger partial charge in [0.1, 0.15) is 17.2 Å². The van der Waals surface area contributed by atoms with Crippen molar-refractivity contribution in [2.45, 2.75) is 32.4 Å². The third kappa shape index (κ3) is 2.38. The van der Waals surface area contributed by atoms with E-state index < -0.39 is 23.1 Å². The van der Waals surface area contributed by atoms with Crippen molar-refractivity contribution in [2.24, 2.45) is 0 Å². The molecule has 0 spiro atoms. The van der Waals surface area contributed by atoms with Gasteiger partial charge in [-0.15, -0.1) is 0 Å². The molecule has 0 unspecified atom stereocenters. The molecule has 4 nitrogen and oxygen atoms in total. The highest BCUT2D eigenvalue weighted by Crippen LogP contribution is 2.33. The van der Waals surface area contributed by atoms with E-state index in [1.54, 1.807) is 11.1 Å². The molecule has 3 rings (SSSR count). The zero-order valence-corrected chi connectivity index (χ0v) is 12.3. The largest absolute Gasteiger partial charge is 0.330 e. The lowest BCUT2D eigenvalue weighted by Gasteiger charge is -2.25. The van der Waals surface area contributed by atoms with Gasteiger partial charge in [-0.1, -0.05) is 6.07 Å². The fraction of sp³-hybridized carbons (Fsp3) is 0.375. The van der Waals surface area contributed by atoms with Crippen molar-refractivity contribution in [3.8, 4) is 0 Å². The van der Waals surface area contributed by atoms with Crippen LogP contribution in [0.4, 0.5) is 8.78 Å². The normalized spacial score (nSPS) is 18.0. The molecule has 1 fully saturated rings. The molecular formula is C16H17F2N3O. The maximum absolute atomic E-state index is 13.9. The zero-order chi connectivity index (χ0) is 15.7. The Morgan fingerprint density at radius 1 is 1.32 bits per heavy atom. The molecule has 1 aliphatic heterocycles. The molecule has 0 bridgehead atoms. The number of likely N-dealkylation sites (tertiary alicyclic amines) is 1. The first-order valence-electron chi connectivity index (χ1n) is 7.40. The van der Waals surface area contributed by atoms with Crippen molar-refractivity contribution in [1.29, 1.82) is 0 Å². The molecule has 0 radical (unpaired) electrons. The number of carbonyl (C=O) groups is 1. The van der Waals surface area contributed by atoms with Crippen LogP contribution in [0.2, 0.25) is 0 Å². The van der Waals surface area contributed by atoms with Gasteiger partial charge in [-0.3, -0.25) is 9.48 Å². The molecule has 0 N–H and O–H groups in total. The SMILES string of the molecule is CCn1nccc1[C@@H]1CCCN1C(=O)c1c(F)cccc1F. The average Bonchev–Trinajstić information content (AvgIpc) is 3.15. The molecule has 1 atom stereocenters. The summed E-state index contributed by atoms with van der Waals surface area (Å²) < 4.78 is 29.5. The van der Waals surface area contributed by atoms with E-state index in [1.807, 2.05) is 17.7 Å². The summed E-state index contributed by atoms with van der Waals surface area (Å²) in [5.74, 6) is -2.23. The van der Waals surface area contributed by atoms with Gasteiger partial charge in [0.2, 0.25) is 0 Å². The second-order valence-corrected chi connectivity index (χ2v) is 5.33. The second-order valence-electron chi connectivity index (χ2n) is 5.33. The maximum Gasteiger partial charge on any atom is 0.260 e. The highest BCUT2D eigenvalue weighted by molar-refractivity contribution is 5.95. The van der Waals surface area contributed by atoms with E-state index in [0.29, 0.717) is 13.1 Å². The predicted molar refractivity (Wildman–Crippen MR) is 77.3 cm³/mol. The number of carbonyl (C=O) groups excluding carboxylic acids is 1. The molecular weight excluding hydrogens is 288 g/mol. The van der Waals surface area contributed by atoms with Crippen LogP contribution in [-0.4, -0.2) is 27.1 Å². The smallest absolute Gasteiger partial charge is 0.260 e. The molecule has 2 aromatic rings. The minimum absolute atomic E-state index is 0.186. The van der Waals surface area contributed by atoms with Crippen molar-refractivity contribution in [1.82, 2.24) is 14.7 Å². The Bertz CT molecular complexity index is 678. The lowest BCUT2D eigenvalue weighted by atomic mass is 10.1. The third-order valence-corrected chi connectivity index (χ3v) is 4.08. The van der Waals surface area contributed by atoms with Gasteiger partial charge in [-0.05, 0) is 38.0 Å². The number of benzene rings is 1. The second kappa shape index (κ2) is 5.87. The van der Waals surface area contributed by atoms with Crippen LogP contribution in [0.1, 0.15) is 41.9 Å². The Hall–Kier alpha value is -2.24. The summed E-state index contributed by atoms with van der Waals surface area (Å²) in [6.07, 6.45) is 3.26. The molecule has 1 saturated heterocycles. The number of aryl methyl sites for hydroxylation is 1. The quantitative estimate of drug-likeness (QED) is 0.873. The van der Waals surface area contributed by atoms with Gasteiger partial charge < -0.3 is 4.90 Å². The standard InChI is InChI=1S/C16H17F2N3O/c1-2-21-14(8-9-19-21)13-7-4-10-20(13)16(22)15-11(17)5-3-6-12(15)18/h3,5-6,8-9,13H,2,4,7,10H2,1H3/t13-/m0/s1. The molecule has 1 aromatic carbocycles. The first-order valence-corrected chi connectivity index (χ1v) is 7.40. The van der Waals surface area contributed by atoms with Crippen LogP contribution < -0.4 is 0 Å². The Labute approximate surface area is 127 Å². The zero-order valence-electron chi connectivity index (χ0n) is 12.3. The number of halogens is 2. The summed E-state index contributed by atoms with van der Waals surface area (Å²) in [5, 5.41) is 4.21.